The largest absolute Gasteiger partial charge is 0.489 e. The lowest BCUT2D eigenvalue weighted by Gasteiger charge is -2.36. The molecule has 0 atom stereocenters. The standard InChI is InChI=1S/C21H27N3O2/c1-17(2)23-12-14-24(15-13-23)21(25)22-19-8-10-20(11-9-19)26-16-18-6-4-3-5-7-18/h3-11,17H,12-16H2,1-2H3,(H,22,25). The van der Waals surface area contributed by atoms with E-state index in [-0.39, 0.29) is 6.03 Å². The van der Waals surface area contributed by atoms with Gasteiger partial charge in [-0.25, -0.2) is 4.79 Å². The molecule has 3 rings (SSSR count). The number of nitrogens with one attached hydrogen (secondary N) is 1. The summed E-state index contributed by atoms with van der Waals surface area (Å²) in [5.41, 5.74) is 1.92. The molecule has 0 aromatic heterocycles. The number of carbonyl (C=O) groups excluding carboxylic acids is 1. The Bertz CT molecular complexity index is 693. The molecule has 138 valence electrons. The van der Waals surface area contributed by atoms with Crippen LogP contribution in [-0.2, 0) is 6.61 Å². The predicted octanol–water partition coefficient (Wildman–Crippen LogP) is 3.82. The number of amides is 2. The molecule has 2 aromatic rings. The van der Waals surface area contributed by atoms with Gasteiger partial charge in [0.25, 0.3) is 0 Å². The zero-order valence-electron chi connectivity index (χ0n) is 15.5. The normalized spacial score (nSPS) is 15.1. The van der Waals surface area contributed by atoms with Crippen LogP contribution in [0.1, 0.15) is 19.4 Å². The van der Waals surface area contributed by atoms with Crippen molar-refractivity contribution in [2.24, 2.45) is 0 Å². The van der Waals surface area contributed by atoms with Crippen molar-refractivity contribution in [2.75, 3.05) is 31.5 Å². The predicted molar refractivity (Wildman–Crippen MR) is 105 cm³/mol. The molecule has 0 unspecified atom stereocenters. The number of benzene rings is 2. The van der Waals surface area contributed by atoms with Crippen LogP contribution in [0.5, 0.6) is 5.75 Å². The van der Waals surface area contributed by atoms with Crippen molar-refractivity contribution in [3.63, 3.8) is 0 Å². The lowest BCUT2D eigenvalue weighted by Crippen LogP contribution is -2.51. The topological polar surface area (TPSA) is 44.8 Å². The minimum atomic E-state index is -0.0358. The number of rotatable bonds is 5. The number of nitrogens with zero attached hydrogens (tertiary/aromatic N) is 2. The van der Waals surface area contributed by atoms with Crippen molar-refractivity contribution in [1.29, 1.82) is 0 Å². The zero-order valence-corrected chi connectivity index (χ0v) is 15.5. The maximum atomic E-state index is 12.4. The average Bonchev–Trinajstić information content (AvgIpc) is 2.68. The Morgan fingerprint density at radius 3 is 2.27 bits per heavy atom. The number of hydrogen-bond acceptors (Lipinski definition) is 3. The molecule has 1 N–H and O–H groups in total. The molecule has 2 amide bonds. The van der Waals surface area contributed by atoms with Gasteiger partial charge < -0.3 is 15.0 Å². The molecule has 1 heterocycles. The lowest BCUT2D eigenvalue weighted by molar-refractivity contribution is 0.125. The van der Waals surface area contributed by atoms with E-state index in [1.54, 1.807) is 0 Å². The summed E-state index contributed by atoms with van der Waals surface area (Å²) < 4.78 is 5.77. The summed E-state index contributed by atoms with van der Waals surface area (Å²) in [4.78, 5) is 16.7. The number of piperazine rings is 1. The fourth-order valence-electron chi connectivity index (χ4n) is 3.02. The molecule has 0 bridgehead atoms. The number of carbonyl (C=O) groups is 1. The van der Waals surface area contributed by atoms with Gasteiger partial charge in [-0.05, 0) is 43.7 Å². The highest BCUT2D eigenvalue weighted by Gasteiger charge is 2.22. The summed E-state index contributed by atoms with van der Waals surface area (Å²) in [6, 6.07) is 18.1. The summed E-state index contributed by atoms with van der Waals surface area (Å²) in [5.74, 6) is 0.789. The van der Waals surface area contributed by atoms with E-state index in [0.29, 0.717) is 12.6 Å². The highest BCUT2D eigenvalue weighted by Crippen LogP contribution is 2.18. The Kier molecular flexibility index (Phi) is 6.12. The van der Waals surface area contributed by atoms with Crippen molar-refractivity contribution in [2.45, 2.75) is 26.5 Å². The average molecular weight is 353 g/mol. The molecule has 5 heteroatoms. The molecule has 0 radical (unpaired) electrons. The van der Waals surface area contributed by atoms with E-state index in [1.165, 1.54) is 0 Å². The van der Waals surface area contributed by atoms with Crippen molar-refractivity contribution in [3.8, 4) is 5.75 Å². The molecule has 0 saturated carbocycles. The number of anilines is 1. The monoisotopic (exact) mass is 353 g/mol. The second kappa shape index (κ2) is 8.72. The van der Waals surface area contributed by atoms with Crippen molar-refractivity contribution in [3.05, 3.63) is 60.2 Å². The molecule has 1 saturated heterocycles. The fraction of sp³-hybridized carbons (Fsp3) is 0.381. The van der Waals surface area contributed by atoms with E-state index in [2.05, 4.69) is 24.1 Å². The van der Waals surface area contributed by atoms with Gasteiger partial charge in [0, 0.05) is 37.9 Å². The second-order valence-corrected chi connectivity index (χ2v) is 6.85. The van der Waals surface area contributed by atoms with Crippen molar-refractivity contribution >= 4 is 11.7 Å². The molecule has 1 aliphatic rings. The first-order chi connectivity index (χ1) is 12.6. The molecule has 26 heavy (non-hydrogen) atoms. The van der Waals surface area contributed by atoms with Crippen LogP contribution in [0.2, 0.25) is 0 Å². The van der Waals surface area contributed by atoms with Crippen LogP contribution in [0.4, 0.5) is 10.5 Å². The lowest BCUT2D eigenvalue weighted by atomic mass is 10.2. The van der Waals surface area contributed by atoms with E-state index in [0.717, 1.165) is 43.2 Å². The molecular weight excluding hydrogens is 326 g/mol. The summed E-state index contributed by atoms with van der Waals surface area (Å²) in [5, 5.41) is 2.97. The quantitative estimate of drug-likeness (QED) is 0.889. The van der Waals surface area contributed by atoms with Gasteiger partial charge in [-0.3, -0.25) is 4.90 Å². The van der Waals surface area contributed by atoms with Crippen LogP contribution in [0, 0.1) is 0 Å². The Hall–Kier alpha value is -2.53. The van der Waals surface area contributed by atoms with E-state index >= 15 is 0 Å². The van der Waals surface area contributed by atoms with Gasteiger partial charge in [0.15, 0.2) is 0 Å². The summed E-state index contributed by atoms with van der Waals surface area (Å²) in [6.07, 6.45) is 0. The molecule has 1 fully saturated rings. The first-order valence-corrected chi connectivity index (χ1v) is 9.18. The van der Waals surface area contributed by atoms with Crippen LogP contribution in [0.25, 0.3) is 0 Å². The van der Waals surface area contributed by atoms with Crippen LogP contribution < -0.4 is 10.1 Å². The summed E-state index contributed by atoms with van der Waals surface area (Å²) in [6.45, 7) is 8.31. The number of ether oxygens (including phenoxy) is 1. The maximum Gasteiger partial charge on any atom is 0.321 e. The summed E-state index contributed by atoms with van der Waals surface area (Å²) >= 11 is 0. The van der Waals surface area contributed by atoms with Crippen LogP contribution in [0.3, 0.4) is 0 Å². The molecule has 1 aliphatic heterocycles. The molecule has 5 nitrogen and oxygen atoms in total. The van der Waals surface area contributed by atoms with E-state index < -0.39 is 0 Å². The minimum absolute atomic E-state index is 0.0358. The van der Waals surface area contributed by atoms with E-state index in [1.807, 2.05) is 59.5 Å². The fourth-order valence-corrected chi connectivity index (χ4v) is 3.02. The molecular formula is C21H27N3O2. The van der Waals surface area contributed by atoms with Gasteiger partial charge in [-0.15, -0.1) is 0 Å². The second-order valence-electron chi connectivity index (χ2n) is 6.85. The van der Waals surface area contributed by atoms with Gasteiger partial charge in [-0.1, -0.05) is 30.3 Å². The highest BCUT2D eigenvalue weighted by atomic mass is 16.5. The SMILES string of the molecule is CC(C)N1CCN(C(=O)Nc2ccc(OCc3ccccc3)cc2)CC1. The Morgan fingerprint density at radius 2 is 1.65 bits per heavy atom. The number of urea groups is 1. The Balaban J connectivity index is 1.47. The van der Waals surface area contributed by atoms with Crippen molar-refractivity contribution < 1.29 is 9.53 Å². The van der Waals surface area contributed by atoms with Crippen LogP contribution in [0.15, 0.2) is 54.6 Å². The van der Waals surface area contributed by atoms with Gasteiger partial charge in [0.2, 0.25) is 0 Å². The van der Waals surface area contributed by atoms with Crippen LogP contribution in [-0.4, -0.2) is 48.1 Å². The summed E-state index contributed by atoms with van der Waals surface area (Å²) in [7, 11) is 0. The third kappa shape index (κ3) is 4.99. The smallest absolute Gasteiger partial charge is 0.321 e. The van der Waals surface area contributed by atoms with Gasteiger partial charge in [0.1, 0.15) is 12.4 Å². The molecule has 2 aromatic carbocycles. The van der Waals surface area contributed by atoms with Gasteiger partial charge in [0.05, 0.1) is 0 Å². The first-order valence-electron chi connectivity index (χ1n) is 9.18. The molecule has 0 aliphatic carbocycles. The minimum Gasteiger partial charge on any atom is -0.489 e. The highest BCUT2D eigenvalue weighted by molar-refractivity contribution is 5.89. The van der Waals surface area contributed by atoms with E-state index in [9.17, 15) is 4.79 Å². The maximum absolute atomic E-state index is 12.4. The third-order valence-electron chi connectivity index (χ3n) is 4.69. The Labute approximate surface area is 155 Å². The van der Waals surface area contributed by atoms with Crippen molar-refractivity contribution in [1.82, 2.24) is 9.80 Å². The molecule has 0 spiro atoms. The van der Waals surface area contributed by atoms with Crippen LogP contribution >= 0.6 is 0 Å². The van der Waals surface area contributed by atoms with Gasteiger partial charge in [-0.2, -0.15) is 0 Å². The number of hydrogen-bond donors (Lipinski definition) is 1. The third-order valence-corrected chi connectivity index (χ3v) is 4.69. The van der Waals surface area contributed by atoms with Gasteiger partial charge >= 0.3 is 6.03 Å². The first kappa shape index (κ1) is 18.3. The van der Waals surface area contributed by atoms with E-state index in [4.69, 9.17) is 4.74 Å². The zero-order chi connectivity index (χ0) is 18.4. The Morgan fingerprint density at radius 1 is 1.00 bits per heavy atom.